The molecule has 34 heavy (non-hydrogen) atoms. The highest BCUT2D eigenvalue weighted by Gasteiger charge is 2.44. The van der Waals surface area contributed by atoms with E-state index in [4.69, 9.17) is 0 Å². The monoisotopic (exact) mass is 530 g/mol. The maximum Gasteiger partial charge on any atom is 0.243 e. The van der Waals surface area contributed by atoms with E-state index >= 15 is 0 Å². The zero-order valence-corrected chi connectivity index (χ0v) is 21.5. The summed E-state index contributed by atoms with van der Waals surface area (Å²) in [5.41, 5.74) is 1.90. The number of hydrogen-bond donors (Lipinski definition) is 2. The van der Waals surface area contributed by atoms with E-state index in [0.717, 1.165) is 21.9 Å². The van der Waals surface area contributed by atoms with Crippen LogP contribution >= 0.6 is 0 Å². The molecule has 2 aromatic rings. The van der Waals surface area contributed by atoms with E-state index in [9.17, 15) is 30.4 Å². The van der Waals surface area contributed by atoms with Crippen LogP contribution in [0.4, 0.5) is 0 Å². The predicted molar refractivity (Wildman–Crippen MR) is 129 cm³/mol. The molecule has 0 spiro atoms. The molecule has 0 radical (unpaired) electrons. The molecule has 2 N–H and O–H groups in total. The third-order valence-electron chi connectivity index (χ3n) is 5.87. The second-order valence-electron chi connectivity index (χ2n) is 8.22. The van der Waals surface area contributed by atoms with Crippen molar-refractivity contribution in [2.45, 2.75) is 48.6 Å². The first-order valence-electron chi connectivity index (χ1n) is 11.0. The quantitative estimate of drug-likeness (QED) is 0.466. The lowest BCUT2D eigenvalue weighted by atomic mass is 10.2. The molecular formula is C22H30N2O7S3. The molecule has 1 aliphatic rings. The van der Waals surface area contributed by atoms with Crippen LogP contribution in [0.15, 0.2) is 58.3 Å². The van der Waals surface area contributed by atoms with Crippen LogP contribution in [-0.2, 0) is 42.7 Å². The van der Waals surface area contributed by atoms with Gasteiger partial charge in [-0.1, -0.05) is 38.1 Å². The Bertz CT molecular complexity index is 1310. The lowest BCUT2D eigenvalue weighted by Gasteiger charge is -2.29. The first-order chi connectivity index (χ1) is 15.9. The van der Waals surface area contributed by atoms with E-state index in [2.05, 4.69) is 4.72 Å². The minimum Gasteiger partial charge on any atom is -0.390 e. The number of sulfone groups is 1. The summed E-state index contributed by atoms with van der Waals surface area (Å²) in [6.07, 6.45) is 0.0600. The average Bonchev–Trinajstić information content (AvgIpc) is 3.08. The first kappa shape index (κ1) is 26.8. The lowest BCUT2D eigenvalue weighted by molar-refractivity contribution is 0.128. The van der Waals surface area contributed by atoms with Gasteiger partial charge in [0.15, 0.2) is 9.84 Å². The van der Waals surface area contributed by atoms with Crippen molar-refractivity contribution in [3.63, 3.8) is 0 Å². The van der Waals surface area contributed by atoms with Crippen molar-refractivity contribution < 1.29 is 30.4 Å². The molecule has 1 aliphatic heterocycles. The molecule has 0 amide bonds. The summed E-state index contributed by atoms with van der Waals surface area (Å²) in [6, 6.07) is 11.3. The number of aliphatic hydroxyl groups excluding tert-OH is 1. The van der Waals surface area contributed by atoms with Gasteiger partial charge < -0.3 is 5.11 Å². The van der Waals surface area contributed by atoms with Crippen molar-refractivity contribution in [1.82, 2.24) is 9.03 Å². The van der Waals surface area contributed by atoms with Crippen LogP contribution in [0.1, 0.15) is 25.0 Å². The first-order valence-corrected chi connectivity index (χ1v) is 15.7. The molecule has 0 aliphatic carbocycles. The molecule has 0 bridgehead atoms. The number of nitrogens with zero attached hydrogens (tertiary/aromatic N) is 1. The molecule has 2 atom stereocenters. The van der Waals surface area contributed by atoms with Crippen molar-refractivity contribution in [3.8, 4) is 0 Å². The van der Waals surface area contributed by atoms with Crippen LogP contribution in [-0.4, -0.2) is 71.4 Å². The highest BCUT2D eigenvalue weighted by Crippen LogP contribution is 2.25. The number of aryl methyl sites for hydroxylation is 2. The van der Waals surface area contributed by atoms with Gasteiger partial charge in [0, 0.05) is 13.1 Å². The molecule has 0 saturated carbocycles. The molecule has 9 nitrogen and oxygen atoms in total. The van der Waals surface area contributed by atoms with Crippen LogP contribution in [0, 0.1) is 0 Å². The van der Waals surface area contributed by atoms with E-state index in [0.29, 0.717) is 6.42 Å². The van der Waals surface area contributed by atoms with Crippen LogP contribution < -0.4 is 4.72 Å². The summed E-state index contributed by atoms with van der Waals surface area (Å²) in [4.78, 5) is -0.0167. The number of rotatable bonds is 10. The minimum absolute atomic E-state index is 0.0396. The fraction of sp³-hybridized carbons (Fsp3) is 0.455. The third-order valence-corrected chi connectivity index (χ3v) is 11.0. The second kappa shape index (κ2) is 10.4. The molecule has 1 heterocycles. The van der Waals surface area contributed by atoms with Crippen LogP contribution in [0.2, 0.25) is 0 Å². The second-order valence-corrected chi connectivity index (χ2v) is 14.0. The summed E-state index contributed by atoms with van der Waals surface area (Å²) < 4.78 is 79.6. The molecule has 1 saturated heterocycles. The highest BCUT2D eigenvalue weighted by molar-refractivity contribution is 7.92. The van der Waals surface area contributed by atoms with Gasteiger partial charge in [-0.15, -0.1) is 0 Å². The van der Waals surface area contributed by atoms with Crippen LogP contribution in [0.3, 0.4) is 0 Å². The standard InChI is InChI=1S/C22H30N2O7S3/c1-3-17-5-9-19(10-6-17)33(28,29)23-13-14-24(21-15-32(26,27)16-22(21)25)34(30,31)20-11-7-18(4-2)8-12-20/h5-12,21-23,25H,3-4,13-16H2,1-2H3/t21-,22+/m1/s1. The number of sulfonamides is 2. The molecule has 0 aromatic heterocycles. The Labute approximate surface area is 201 Å². The van der Waals surface area contributed by atoms with Gasteiger partial charge in [-0.25, -0.2) is 30.0 Å². The number of aliphatic hydroxyl groups is 1. The summed E-state index contributed by atoms with van der Waals surface area (Å²) in [5.74, 6) is -1.08. The third kappa shape index (κ3) is 6.04. The summed E-state index contributed by atoms with van der Waals surface area (Å²) in [5, 5.41) is 10.4. The highest BCUT2D eigenvalue weighted by atomic mass is 32.2. The van der Waals surface area contributed by atoms with Gasteiger partial charge in [-0.3, -0.25) is 0 Å². The smallest absolute Gasteiger partial charge is 0.243 e. The Morgan fingerprint density at radius 2 is 1.38 bits per heavy atom. The summed E-state index contributed by atoms with van der Waals surface area (Å²) in [7, 11) is -11.8. The molecule has 188 valence electrons. The normalized spacial score (nSPS) is 20.6. The van der Waals surface area contributed by atoms with Gasteiger partial charge in [0.1, 0.15) is 0 Å². The topological polar surface area (TPSA) is 138 Å². The molecule has 3 rings (SSSR count). The number of hydrogen-bond acceptors (Lipinski definition) is 7. The fourth-order valence-electron chi connectivity index (χ4n) is 3.86. The SMILES string of the molecule is CCc1ccc(S(=O)(=O)NCCN([C@@H]2CS(=O)(=O)C[C@@H]2O)S(=O)(=O)c2ccc(CC)cc2)cc1. The van der Waals surface area contributed by atoms with Gasteiger partial charge in [0.25, 0.3) is 0 Å². The zero-order chi connectivity index (χ0) is 25.1. The maximum absolute atomic E-state index is 13.4. The zero-order valence-electron chi connectivity index (χ0n) is 19.1. The van der Waals surface area contributed by atoms with Gasteiger partial charge in [0.05, 0.1) is 33.4 Å². The average molecular weight is 531 g/mol. The minimum atomic E-state index is -4.21. The molecule has 12 heteroatoms. The van der Waals surface area contributed by atoms with Crippen molar-refractivity contribution in [2.75, 3.05) is 24.6 Å². The summed E-state index contributed by atoms with van der Waals surface area (Å²) in [6.45, 7) is 3.23. The predicted octanol–water partition coefficient (Wildman–Crippen LogP) is 0.939. The van der Waals surface area contributed by atoms with Gasteiger partial charge >= 0.3 is 0 Å². The Morgan fingerprint density at radius 3 is 1.82 bits per heavy atom. The number of nitrogens with one attached hydrogen (secondary N) is 1. The lowest BCUT2D eigenvalue weighted by Crippen LogP contribution is -2.49. The van der Waals surface area contributed by atoms with Crippen molar-refractivity contribution >= 4 is 29.9 Å². The van der Waals surface area contributed by atoms with Gasteiger partial charge in [0.2, 0.25) is 20.0 Å². The van der Waals surface area contributed by atoms with Crippen LogP contribution in [0.5, 0.6) is 0 Å². The maximum atomic E-state index is 13.4. The van der Waals surface area contributed by atoms with E-state index in [1.165, 1.54) is 24.3 Å². The van der Waals surface area contributed by atoms with E-state index in [1.54, 1.807) is 24.3 Å². The Kier molecular flexibility index (Phi) is 8.21. The van der Waals surface area contributed by atoms with Crippen molar-refractivity contribution in [3.05, 3.63) is 59.7 Å². The van der Waals surface area contributed by atoms with Crippen molar-refractivity contribution in [1.29, 1.82) is 0 Å². The molecule has 0 unspecified atom stereocenters. The fourth-order valence-corrected chi connectivity index (χ4v) is 8.43. The Balaban J connectivity index is 1.85. The summed E-state index contributed by atoms with van der Waals surface area (Å²) >= 11 is 0. The van der Waals surface area contributed by atoms with Crippen LogP contribution in [0.25, 0.3) is 0 Å². The van der Waals surface area contributed by atoms with E-state index < -0.39 is 53.5 Å². The molecular weight excluding hydrogens is 500 g/mol. The number of benzene rings is 2. The van der Waals surface area contributed by atoms with Crippen molar-refractivity contribution in [2.24, 2.45) is 0 Å². The molecule has 1 fully saturated rings. The largest absolute Gasteiger partial charge is 0.390 e. The Hall–Kier alpha value is -1.83. The van der Waals surface area contributed by atoms with Gasteiger partial charge in [-0.2, -0.15) is 4.31 Å². The van der Waals surface area contributed by atoms with E-state index in [-0.39, 0.29) is 22.9 Å². The Morgan fingerprint density at radius 1 is 0.882 bits per heavy atom. The van der Waals surface area contributed by atoms with E-state index in [1.807, 2.05) is 13.8 Å². The molecule has 2 aromatic carbocycles. The van der Waals surface area contributed by atoms with Gasteiger partial charge in [-0.05, 0) is 48.2 Å².